The molecule has 0 amide bonds. The quantitative estimate of drug-likeness (QED) is 0.139. The van der Waals surface area contributed by atoms with Crippen molar-refractivity contribution in [3.05, 3.63) is 241 Å². The molecule has 0 aliphatic carbocycles. The standard InChI is InChI=1S/C60H41N/c1-3-13-40(14-4-1)42-29-33-50(34-30-42)61(51-35-31-43(32-36-51)41-15-5-2-6-16-41)39-48-18-8-7-17-46(48)37-49-38-47-21-11-25-54-53-23-9-19-44-27-28-45-20-10-24-55(58(45)57(44)53)56-26-12-22-52(49)60(56)59(47)54/h1-36,38H,37,39H2. The average molecular weight is 776 g/mol. The van der Waals surface area contributed by atoms with Gasteiger partial charge in [-0.15, -0.1) is 0 Å². The Balaban J connectivity index is 1.01. The molecule has 0 bridgehead atoms. The second-order valence-corrected chi connectivity index (χ2v) is 16.4. The highest BCUT2D eigenvalue weighted by Crippen LogP contribution is 2.44. The summed E-state index contributed by atoms with van der Waals surface area (Å²) in [6, 6.07) is 83.0. The van der Waals surface area contributed by atoms with Crippen LogP contribution in [-0.4, -0.2) is 0 Å². The molecule has 0 heterocycles. The van der Waals surface area contributed by atoms with Crippen LogP contribution in [0.25, 0.3) is 86.9 Å². The third-order valence-electron chi connectivity index (χ3n) is 13.0. The van der Waals surface area contributed by atoms with Crippen molar-refractivity contribution >= 4 is 76.0 Å². The Kier molecular flexibility index (Phi) is 8.38. The highest BCUT2D eigenvalue weighted by Gasteiger charge is 2.19. The summed E-state index contributed by atoms with van der Waals surface area (Å²) < 4.78 is 0. The van der Waals surface area contributed by atoms with Crippen molar-refractivity contribution in [3.63, 3.8) is 0 Å². The van der Waals surface area contributed by atoms with Crippen LogP contribution in [0.3, 0.4) is 0 Å². The molecule has 0 atom stereocenters. The van der Waals surface area contributed by atoms with E-state index in [2.05, 4.69) is 229 Å². The first-order valence-corrected chi connectivity index (χ1v) is 21.3. The molecule has 0 N–H and O–H groups in total. The monoisotopic (exact) mass is 775 g/mol. The zero-order chi connectivity index (χ0) is 40.3. The molecule has 12 aromatic rings. The van der Waals surface area contributed by atoms with Gasteiger partial charge >= 0.3 is 0 Å². The van der Waals surface area contributed by atoms with E-state index in [-0.39, 0.29) is 0 Å². The topological polar surface area (TPSA) is 3.24 Å². The van der Waals surface area contributed by atoms with Crippen molar-refractivity contribution in [2.24, 2.45) is 0 Å². The number of hydrogen-bond acceptors (Lipinski definition) is 1. The molecule has 12 aromatic carbocycles. The number of benzene rings is 11. The van der Waals surface area contributed by atoms with Gasteiger partial charge in [-0.1, -0.05) is 200 Å². The van der Waals surface area contributed by atoms with Gasteiger partial charge in [0.15, 0.2) is 0 Å². The molecule has 0 aliphatic rings. The van der Waals surface area contributed by atoms with Gasteiger partial charge in [0, 0.05) is 17.9 Å². The molecule has 0 aliphatic heterocycles. The van der Waals surface area contributed by atoms with E-state index in [0.717, 1.165) is 24.3 Å². The Bertz CT molecular complexity index is 3470. The van der Waals surface area contributed by atoms with Crippen LogP contribution < -0.4 is 4.90 Å². The molecule has 61 heavy (non-hydrogen) atoms. The summed E-state index contributed by atoms with van der Waals surface area (Å²) in [5, 5.41) is 15.8. The summed E-state index contributed by atoms with van der Waals surface area (Å²) >= 11 is 0. The number of fused-ring (bicyclic) bond motifs is 2. The van der Waals surface area contributed by atoms with E-state index < -0.39 is 0 Å². The Hall–Kier alpha value is -7.74. The fourth-order valence-electron chi connectivity index (χ4n) is 10.0. The van der Waals surface area contributed by atoms with Crippen LogP contribution in [0, 0.1) is 0 Å². The van der Waals surface area contributed by atoms with Crippen molar-refractivity contribution in [2.45, 2.75) is 13.0 Å². The van der Waals surface area contributed by atoms with Crippen LogP contribution in [0.2, 0.25) is 0 Å². The van der Waals surface area contributed by atoms with Crippen molar-refractivity contribution in [1.82, 2.24) is 0 Å². The van der Waals surface area contributed by atoms with Gasteiger partial charge in [-0.2, -0.15) is 0 Å². The lowest BCUT2D eigenvalue weighted by molar-refractivity contribution is 0.952. The van der Waals surface area contributed by atoms with Crippen LogP contribution in [0.15, 0.2) is 224 Å². The predicted molar refractivity (Wildman–Crippen MR) is 262 cm³/mol. The maximum Gasteiger partial charge on any atom is 0.0484 e. The lowest BCUT2D eigenvalue weighted by Gasteiger charge is -2.27. The number of nitrogens with zero attached hydrogens (tertiary/aromatic N) is 1. The third kappa shape index (κ3) is 6.01. The summed E-state index contributed by atoms with van der Waals surface area (Å²) in [6.07, 6.45) is 0.820. The summed E-state index contributed by atoms with van der Waals surface area (Å²) in [7, 11) is 0. The van der Waals surface area contributed by atoms with Gasteiger partial charge in [-0.25, -0.2) is 0 Å². The molecule has 12 rings (SSSR count). The van der Waals surface area contributed by atoms with E-state index in [1.807, 2.05) is 0 Å². The number of rotatable bonds is 8. The normalized spacial score (nSPS) is 11.7. The van der Waals surface area contributed by atoms with E-state index in [4.69, 9.17) is 0 Å². The van der Waals surface area contributed by atoms with Gasteiger partial charge in [0.2, 0.25) is 0 Å². The van der Waals surface area contributed by atoms with Gasteiger partial charge in [0.05, 0.1) is 0 Å². The van der Waals surface area contributed by atoms with E-state index in [1.54, 1.807) is 0 Å². The number of anilines is 2. The van der Waals surface area contributed by atoms with E-state index in [9.17, 15) is 0 Å². The highest BCUT2D eigenvalue weighted by atomic mass is 15.1. The summed E-state index contributed by atoms with van der Waals surface area (Å²) in [5.74, 6) is 0. The predicted octanol–water partition coefficient (Wildman–Crippen LogP) is 16.3. The van der Waals surface area contributed by atoms with Gasteiger partial charge in [-0.3, -0.25) is 0 Å². The van der Waals surface area contributed by atoms with Crippen LogP contribution in [0.1, 0.15) is 16.7 Å². The van der Waals surface area contributed by atoms with Crippen LogP contribution >= 0.6 is 0 Å². The summed E-state index contributed by atoms with van der Waals surface area (Å²) in [4.78, 5) is 2.47. The van der Waals surface area contributed by atoms with E-state index >= 15 is 0 Å². The molecule has 0 unspecified atom stereocenters. The van der Waals surface area contributed by atoms with Gasteiger partial charge < -0.3 is 4.90 Å². The smallest absolute Gasteiger partial charge is 0.0484 e. The molecular weight excluding hydrogens is 735 g/mol. The molecule has 0 radical (unpaired) electrons. The maximum absolute atomic E-state index is 2.47. The van der Waals surface area contributed by atoms with Crippen molar-refractivity contribution in [2.75, 3.05) is 4.90 Å². The largest absolute Gasteiger partial charge is 0.337 e. The molecule has 0 fully saturated rings. The lowest BCUT2D eigenvalue weighted by Crippen LogP contribution is -2.17. The third-order valence-corrected chi connectivity index (χ3v) is 13.0. The van der Waals surface area contributed by atoms with E-state index in [1.165, 1.54) is 104 Å². The van der Waals surface area contributed by atoms with Gasteiger partial charge in [0.25, 0.3) is 0 Å². The second kappa shape index (κ2) is 14.5. The fraction of sp³-hybridized carbons (Fsp3) is 0.0333. The molecule has 1 nitrogen and oxygen atoms in total. The van der Waals surface area contributed by atoms with Crippen LogP contribution in [0.4, 0.5) is 11.4 Å². The molecule has 0 spiro atoms. The zero-order valence-corrected chi connectivity index (χ0v) is 33.7. The maximum atomic E-state index is 2.47. The minimum absolute atomic E-state index is 0.731. The van der Waals surface area contributed by atoms with Crippen molar-refractivity contribution < 1.29 is 0 Å². The molecule has 1 heteroatoms. The summed E-state index contributed by atoms with van der Waals surface area (Å²) in [5.41, 5.74) is 11.2. The zero-order valence-electron chi connectivity index (χ0n) is 33.7. The molecular formula is C60H41N. The lowest BCUT2D eigenvalue weighted by atomic mass is 9.85. The Labute approximate surface area is 355 Å². The minimum Gasteiger partial charge on any atom is -0.337 e. The second-order valence-electron chi connectivity index (χ2n) is 16.4. The van der Waals surface area contributed by atoms with Crippen LogP contribution in [-0.2, 0) is 13.0 Å². The molecule has 0 saturated carbocycles. The average Bonchev–Trinajstić information content (AvgIpc) is 3.33. The van der Waals surface area contributed by atoms with Crippen molar-refractivity contribution in [1.29, 1.82) is 0 Å². The summed E-state index contributed by atoms with van der Waals surface area (Å²) in [6.45, 7) is 0.731. The Morgan fingerprint density at radius 3 is 1.21 bits per heavy atom. The number of hydrogen-bond donors (Lipinski definition) is 0. The fourth-order valence-corrected chi connectivity index (χ4v) is 10.0. The molecule has 286 valence electrons. The SMILES string of the molecule is c1ccc(-c2ccc(N(Cc3ccccc3Cc3cc4cccc5c6cccc7ccc8cccc(c9cccc3c9c45)c8c76)c3ccc(-c4ccccc4)cc3)cc2)cc1. The van der Waals surface area contributed by atoms with Crippen LogP contribution in [0.5, 0.6) is 0 Å². The minimum atomic E-state index is 0.731. The van der Waals surface area contributed by atoms with Gasteiger partial charge in [-0.05, 0) is 134 Å². The first-order chi connectivity index (χ1) is 30.2. The first kappa shape index (κ1) is 35.2. The highest BCUT2D eigenvalue weighted by molar-refractivity contribution is 6.37. The molecule has 0 saturated heterocycles. The van der Waals surface area contributed by atoms with Crippen molar-refractivity contribution in [3.8, 4) is 22.3 Å². The Morgan fingerprint density at radius 2 is 0.672 bits per heavy atom. The van der Waals surface area contributed by atoms with Gasteiger partial charge in [0.1, 0.15) is 0 Å². The Morgan fingerprint density at radius 1 is 0.262 bits per heavy atom. The molecule has 0 aromatic heterocycles. The van der Waals surface area contributed by atoms with E-state index in [0.29, 0.717) is 0 Å². The first-order valence-electron chi connectivity index (χ1n) is 21.3.